The van der Waals surface area contributed by atoms with E-state index in [2.05, 4.69) is 0 Å². The van der Waals surface area contributed by atoms with Crippen LogP contribution in [0.15, 0.2) is 36.5 Å². The third-order valence-corrected chi connectivity index (χ3v) is 2.79. The van der Waals surface area contributed by atoms with Crippen LogP contribution < -0.4 is 5.73 Å². The number of aromatic nitrogens is 1. The highest BCUT2D eigenvalue weighted by Crippen LogP contribution is 2.16. The standard InChI is InChI=1S/C13H13ClN2O2/c1-18-13(17)12-6-11(15)8-16(12)7-9-3-2-4-10(14)5-9/h2-6,8H,7,15H2,1H3. The molecule has 2 rings (SSSR count). The van der Waals surface area contributed by atoms with E-state index in [-0.39, 0.29) is 0 Å². The van der Waals surface area contributed by atoms with Gasteiger partial charge in [0.2, 0.25) is 0 Å². The topological polar surface area (TPSA) is 57.2 Å². The number of methoxy groups -OCH3 is 1. The number of carbonyl (C=O) groups excluding carboxylic acids is 1. The van der Waals surface area contributed by atoms with Gasteiger partial charge in [0.25, 0.3) is 0 Å². The average molecular weight is 265 g/mol. The van der Waals surface area contributed by atoms with Crippen LogP contribution in [0.4, 0.5) is 5.69 Å². The molecule has 2 aromatic rings. The molecule has 0 radical (unpaired) electrons. The number of esters is 1. The van der Waals surface area contributed by atoms with E-state index in [9.17, 15) is 4.79 Å². The molecule has 0 saturated carbocycles. The van der Waals surface area contributed by atoms with E-state index in [1.807, 2.05) is 18.2 Å². The number of halogens is 1. The molecule has 0 amide bonds. The first-order chi connectivity index (χ1) is 8.60. The summed E-state index contributed by atoms with van der Waals surface area (Å²) in [6.45, 7) is 0.516. The van der Waals surface area contributed by atoms with Crippen molar-refractivity contribution in [3.63, 3.8) is 0 Å². The SMILES string of the molecule is COC(=O)c1cc(N)cn1Cc1cccc(Cl)c1. The van der Waals surface area contributed by atoms with Crippen molar-refractivity contribution in [3.05, 3.63) is 52.8 Å². The average Bonchev–Trinajstić information content (AvgIpc) is 2.69. The smallest absolute Gasteiger partial charge is 0.354 e. The highest BCUT2D eigenvalue weighted by molar-refractivity contribution is 6.30. The molecule has 0 bridgehead atoms. The first-order valence-electron chi connectivity index (χ1n) is 5.38. The van der Waals surface area contributed by atoms with Gasteiger partial charge in [0.15, 0.2) is 0 Å². The van der Waals surface area contributed by atoms with E-state index in [1.165, 1.54) is 7.11 Å². The van der Waals surface area contributed by atoms with Gasteiger partial charge in [-0.3, -0.25) is 0 Å². The fourth-order valence-corrected chi connectivity index (χ4v) is 1.98. The number of ether oxygens (including phenoxy) is 1. The van der Waals surface area contributed by atoms with E-state index >= 15 is 0 Å². The van der Waals surface area contributed by atoms with Crippen LogP contribution in [-0.4, -0.2) is 17.6 Å². The molecule has 0 atom stereocenters. The second kappa shape index (κ2) is 5.14. The Balaban J connectivity index is 2.31. The maximum atomic E-state index is 11.6. The van der Waals surface area contributed by atoms with Crippen LogP contribution in [0.3, 0.4) is 0 Å². The molecule has 0 aliphatic heterocycles. The second-order valence-electron chi connectivity index (χ2n) is 3.91. The molecule has 0 saturated heterocycles. The van der Waals surface area contributed by atoms with Gasteiger partial charge in [0, 0.05) is 17.8 Å². The zero-order valence-corrected chi connectivity index (χ0v) is 10.6. The Bertz CT molecular complexity index is 578. The lowest BCUT2D eigenvalue weighted by atomic mass is 10.2. The Kier molecular flexibility index (Phi) is 3.58. The van der Waals surface area contributed by atoms with E-state index in [0.29, 0.717) is 22.9 Å². The van der Waals surface area contributed by atoms with Gasteiger partial charge in [-0.1, -0.05) is 23.7 Å². The van der Waals surface area contributed by atoms with Crippen molar-refractivity contribution in [2.24, 2.45) is 0 Å². The number of hydrogen-bond donors (Lipinski definition) is 1. The van der Waals surface area contributed by atoms with E-state index in [0.717, 1.165) is 5.56 Å². The normalized spacial score (nSPS) is 10.3. The number of carbonyl (C=O) groups is 1. The Morgan fingerprint density at radius 3 is 2.89 bits per heavy atom. The third kappa shape index (κ3) is 2.65. The van der Waals surface area contributed by atoms with Crippen LogP contribution in [0.1, 0.15) is 16.1 Å². The summed E-state index contributed by atoms with van der Waals surface area (Å²) in [4.78, 5) is 11.6. The van der Waals surface area contributed by atoms with Crippen LogP contribution in [0.25, 0.3) is 0 Å². The summed E-state index contributed by atoms with van der Waals surface area (Å²) in [6, 6.07) is 9.04. The van der Waals surface area contributed by atoms with Crippen molar-refractivity contribution < 1.29 is 9.53 Å². The van der Waals surface area contributed by atoms with Crippen LogP contribution in [0, 0.1) is 0 Å². The zero-order chi connectivity index (χ0) is 13.1. The van der Waals surface area contributed by atoms with E-state index in [1.54, 1.807) is 22.9 Å². The number of nitrogens with zero attached hydrogens (tertiary/aromatic N) is 1. The largest absolute Gasteiger partial charge is 0.464 e. The molecule has 0 aliphatic rings. The van der Waals surface area contributed by atoms with Crippen molar-refractivity contribution in [1.29, 1.82) is 0 Å². The fraction of sp³-hybridized carbons (Fsp3) is 0.154. The second-order valence-corrected chi connectivity index (χ2v) is 4.34. The summed E-state index contributed by atoms with van der Waals surface area (Å²) < 4.78 is 6.45. The Morgan fingerprint density at radius 1 is 1.44 bits per heavy atom. The minimum absolute atomic E-state index is 0.409. The lowest BCUT2D eigenvalue weighted by Gasteiger charge is -2.07. The molecule has 2 N–H and O–H groups in total. The molecule has 1 aromatic carbocycles. The number of anilines is 1. The zero-order valence-electron chi connectivity index (χ0n) is 9.89. The van der Waals surface area contributed by atoms with Crippen molar-refractivity contribution >= 4 is 23.3 Å². The quantitative estimate of drug-likeness (QED) is 0.867. The van der Waals surface area contributed by atoms with Crippen LogP contribution in [0.2, 0.25) is 5.02 Å². The minimum atomic E-state index is -0.409. The molecule has 94 valence electrons. The summed E-state index contributed by atoms with van der Waals surface area (Å²) in [7, 11) is 1.34. The van der Waals surface area contributed by atoms with Crippen molar-refractivity contribution in [1.82, 2.24) is 4.57 Å². The molecule has 1 aromatic heterocycles. The first kappa shape index (κ1) is 12.5. The van der Waals surface area contributed by atoms with Crippen molar-refractivity contribution in [3.8, 4) is 0 Å². The third-order valence-electron chi connectivity index (χ3n) is 2.55. The predicted octanol–water partition coefficient (Wildman–Crippen LogP) is 2.56. The number of hydrogen-bond acceptors (Lipinski definition) is 3. The maximum absolute atomic E-state index is 11.6. The Morgan fingerprint density at radius 2 is 2.22 bits per heavy atom. The fourth-order valence-electron chi connectivity index (χ4n) is 1.77. The van der Waals surface area contributed by atoms with Gasteiger partial charge in [0.05, 0.1) is 12.8 Å². The molecule has 0 unspecified atom stereocenters. The number of benzene rings is 1. The minimum Gasteiger partial charge on any atom is -0.464 e. The maximum Gasteiger partial charge on any atom is 0.354 e. The monoisotopic (exact) mass is 264 g/mol. The summed E-state index contributed by atoms with van der Waals surface area (Å²) in [5.74, 6) is -0.409. The molecule has 18 heavy (non-hydrogen) atoms. The number of rotatable bonds is 3. The van der Waals surface area contributed by atoms with Gasteiger partial charge in [-0.05, 0) is 23.8 Å². The van der Waals surface area contributed by atoms with Crippen LogP contribution in [0.5, 0.6) is 0 Å². The van der Waals surface area contributed by atoms with Crippen molar-refractivity contribution in [2.75, 3.05) is 12.8 Å². The van der Waals surface area contributed by atoms with Gasteiger partial charge >= 0.3 is 5.97 Å². The number of nitrogen functional groups attached to an aromatic ring is 1. The molecule has 0 spiro atoms. The molecular formula is C13H13ClN2O2. The summed E-state index contributed by atoms with van der Waals surface area (Å²) in [6.07, 6.45) is 1.70. The molecule has 4 nitrogen and oxygen atoms in total. The lowest BCUT2D eigenvalue weighted by Crippen LogP contribution is -2.10. The first-order valence-corrected chi connectivity index (χ1v) is 5.76. The molecule has 0 aliphatic carbocycles. The Labute approximate surface area is 110 Å². The molecule has 5 heteroatoms. The summed E-state index contributed by atoms with van der Waals surface area (Å²) >= 11 is 5.92. The van der Waals surface area contributed by atoms with E-state index in [4.69, 9.17) is 22.1 Å². The van der Waals surface area contributed by atoms with Gasteiger partial charge < -0.3 is 15.0 Å². The summed E-state index contributed by atoms with van der Waals surface area (Å²) in [5, 5.41) is 0.659. The Hall–Kier alpha value is -1.94. The summed E-state index contributed by atoms with van der Waals surface area (Å²) in [5.41, 5.74) is 7.64. The van der Waals surface area contributed by atoms with Crippen molar-refractivity contribution in [2.45, 2.75) is 6.54 Å². The number of nitrogens with two attached hydrogens (primary N) is 1. The highest BCUT2D eigenvalue weighted by Gasteiger charge is 2.13. The van der Waals surface area contributed by atoms with Crippen LogP contribution >= 0.6 is 11.6 Å². The molecule has 1 heterocycles. The highest BCUT2D eigenvalue weighted by atomic mass is 35.5. The van der Waals surface area contributed by atoms with Gasteiger partial charge in [-0.15, -0.1) is 0 Å². The van der Waals surface area contributed by atoms with Gasteiger partial charge in [0.1, 0.15) is 5.69 Å². The van der Waals surface area contributed by atoms with Gasteiger partial charge in [-0.2, -0.15) is 0 Å². The lowest BCUT2D eigenvalue weighted by molar-refractivity contribution is 0.0589. The van der Waals surface area contributed by atoms with Gasteiger partial charge in [-0.25, -0.2) is 4.79 Å². The van der Waals surface area contributed by atoms with E-state index < -0.39 is 5.97 Å². The molecule has 0 fully saturated rings. The van der Waals surface area contributed by atoms with Crippen LogP contribution in [-0.2, 0) is 11.3 Å². The predicted molar refractivity (Wildman–Crippen MR) is 70.7 cm³/mol. The molecular weight excluding hydrogens is 252 g/mol.